The fraction of sp³-hybridized carbons (Fsp3) is 0.316. The third kappa shape index (κ3) is 5.45. The van der Waals surface area contributed by atoms with E-state index in [1.54, 1.807) is 42.5 Å². The largest absolute Gasteiger partial charge is 0.348 e. The number of hydrogen-bond donors (Lipinski definition) is 3. The van der Waals surface area contributed by atoms with Crippen molar-refractivity contribution in [3.63, 3.8) is 0 Å². The first kappa shape index (κ1) is 21.2. The molecule has 2 aromatic carbocycles. The van der Waals surface area contributed by atoms with Crippen LogP contribution in [-0.2, 0) is 10.0 Å². The zero-order valence-corrected chi connectivity index (χ0v) is 16.6. The third-order valence-electron chi connectivity index (χ3n) is 4.57. The predicted molar refractivity (Wildman–Crippen MR) is 109 cm³/mol. The summed E-state index contributed by atoms with van der Waals surface area (Å²) in [7, 11) is -3.68. The van der Waals surface area contributed by atoms with E-state index < -0.39 is 10.0 Å². The number of piperidine rings is 1. The molecule has 1 amide bonds. The van der Waals surface area contributed by atoms with Gasteiger partial charge in [-0.25, -0.2) is 8.42 Å². The molecule has 0 aliphatic carbocycles. The Bertz CT molecular complexity index is 875. The molecule has 0 saturated carbocycles. The van der Waals surface area contributed by atoms with Gasteiger partial charge in [-0.15, -0.1) is 12.4 Å². The molecule has 0 spiro atoms. The molecule has 0 radical (unpaired) electrons. The second-order valence-corrected chi connectivity index (χ2v) is 8.23. The molecule has 3 N–H and O–H groups in total. The van der Waals surface area contributed by atoms with E-state index in [0.717, 1.165) is 19.5 Å². The van der Waals surface area contributed by atoms with Crippen molar-refractivity contribution < 1.29 is 13.2 Å². The van der Waals surface area contributed by atoms with E-state index >= 15 is 0 Å². The number of amides is 1. The molecule has 6 nitrogen and oxygen atoms in total. The van der Waals surface area contributed by atoms with E-state index in [1.165, 1.54) is 12.1 Å². The lowest BCUT2D eigenvalue weighted by atomic mass is 9.94. The maximum Gasteiger partial charge on any atom is 0.261 e. The fourth-order valence-electron chi connectivity index (χ4n) is 2.97. The Morgan fingerprint density at radius 2 is 1.85 bits per heavy atom. The van der Waals surface area contributed by atoms with Crippen molar-refractivity contribution in [2.45, 2.75) is 24.3 Å². The van der Waals surface area contributed by atoms with Gasteiger partial charge in [0.05, 0.1) is 4.90 Å². The van der Waals surface area contributed by atoms with Gasteiger partial charge in [-0.05, 0) is 49.2 Å². The summed E-state index contributed by atoms with van der Waals surface area (Å²) in [6.45, 7) is 3.83. The van der Waals surface area contributed by atoms with E-state index in [1.807, 2.05) is 0 Å². The van der Waals surface area contributed by atoms with Crippen molar-refractivity contribution in [2.75, 3.05) is 17.8 Å². The minimum Gasteiger partial charge on any atom is -0.348 e. The van der Waals surface area contributed by atoms with Gasteiger partial charge in [-0.2, -0.15) is 0 Å². The van der Waals surface area contributed by atoms with Crippen molar-refractivity contribution >= 4 is 34.0 Å². The average Bonchev–Trinajstić information content (AvgIpc) is 2.64. The Labute approximate surface area is 166 Å². The second-order valence-electron chi connectivity index (χ2n) is 6.55. The van der Waals surface area contributed by atoms with E-state index in [-0.39, 0.29) is 29.3 Å². The van der Waals surface area contributed by atoms with Gasteiger partial charge < -0.3 is 10.6 Å². The van der Waals surface area contributed by atoms with Crippen molar-refractivity contribution in [3.8, 4) is 0 Å². The van der Waals surface area contributed by atoms with E-state index in [4.69, 9.17) is 0 Å². The van der Waals surface area contributed by atoms with Gasteiger partial charge in [0.1, 0.15) is 0 Å². The Hall–Kier alpha value is -2.09. The summed E-state index contributed by atoms with van der Waals surface area (Å²) in [6.07, 6.45) is 1.02. The normalized spacial score (nSPS) is 19.6. The summed E-state index contributed by atoms with van der Waals surface area (Å²) in [5.41, 5.74) is 0.785. The zero-order chi connectivity index (χ0) is 18.6. The molecule has 2 aromatic rings. The number of nitrogens with one attached hydrogen (secondary N) is 3. The number of halogens is 1. The summed E-state index contributed by atoms with van der Waals surface area (Å²) < 4.78 is 27.4. The maximum absolute atomic E-state index is 12.5. The van der Waals surface area contributed by atoms with Gasteiger partial charge in [-0.1, -0.05) is 31.2 Å². The van der Waals surface area contributed by atoms with E-state index in [0.29, 0.717) is 17.2 Å². The van der Waals surface area contributed by atoms with Crippen LogP contribution < -0.4 is 15.4 Å². The van der Waals surface area contributed by atoms with Crippen LogP contribution in [0.1, 0.15) is 23.7 Å². The van der Waals surface area contributed by atoms with E-state index in [9.17, 15) is 13.2 Å². The lowest BCUT2D eigenvalue weighted by Gasteiger charge is -2.30. The van der Waals surface area contributed by atoms with Crippen molar-refractivity contribution in [1.29, 1.82) is 0 Å². The molecular weight excluding hydrogens is 386 g/mol. The van der Waals surface area contributed by atoms with Crippen LogP contribution in [0.25, 0.3) is 0 Å². The molecule has 1 saturated heterocycles. The van der Waals surface area contributed by atoms with Crippen LogP contribution >= 0.6 is 12.4 Å². The average molecular weight is 410 g/mol. The summed E-state index contributed by atoms with van der Waals surface area (Å²) >= 11 is 0. The standard InChI is InChI=1S/C19H23N3O3S.ClH/c1-14-10-11-20-13-18(14)21-19(23)15-6-5-7-16(12-15)22-26(24,25)17-8-3-2-4-9-17;/h2-9,12,14,18,20,22H,10-11,13H2,1H3,(H,21,23);1H. The Balaban J connectivity index is 0.00000261. The lowest BCUT2D eigenvalue weighted by Crippen LogP contribution is -2.50. The van der Waals surface area contributed by atoms with Crippen molar-refractivity contribution in [3.05, 3.63) is 60.2 Å². The van der Waals surface area contributed by atoms with Crippen LogP contribution in [0.2, 0.25) is 0 Å². The van der Waals surface area contributed by atoms with Gasteiger partial charge in [0.15, 0.2) is 0 Å². The quantitative estimate of drug-likeness (QED) is 0.708. The molecule has 3 rings (SSSR count). The van der Waals surface area contributed by atoms with Crippen LogP contribution in [0.15, 0.2) is 59.5 Å². The topological polar surface area (TPSA) is 87.3 Å². The van der Waals surface area contributed by atoms with Gasteiger partial charge in [0.2, 0.25) is 0 Å². The second kappa shape index (κ2) is 9.21. The first-order valence-electron chi connectivity index (χ1n) is 8.65. The van der Waals surface area contributed by atoms with Gasteiger partial charge in [0, 0.05) is 23.8 Å². The molecule has 2 atom stereocenters. The SMILES string of the molecule is CC1CCNCC1NC(=O)c1cccc(NS(=O)(=O)c2ccccc2)c1.Cl. The summed E-state index contributed by atoms with van der Waals surface area (Å²) in [4.78, 5) is 12.7. The highest BCUT2D eigenvalue weighted by Crippen LogP contribution is 2.18. The molecule has 1 heterocycles. The molecule has 8 heteroatoms. The monoisotopic (exact) mass is 409 g/mol. The highest BCUT2D eigenvalue weighted by molar-refractivity contribution is 7.92. The molecule has 0 aromatic heterocycles. The molecular formula is C19H24ClN3O3S. The van der Waals surface area contributed by atoms with Crippen LogP contribution in [0.3, 0.4) is 0 Å². The van der Waals surface area contributed by atoms with Crippen molar-refractivity contribution in [1.82, 2.24) is 10.6 Å². The number of sulfonamides is 1. The number of carbonyl (C=O) groups excluding carboxylic acids is 1. The molecule has 27 heavy (non-hydrogen) atoms. The zero-order valence-electron chi connectivity index (χ0n) is 15.0. The molecule has 1 aliphatic heterocycles. The molecule has 0 bridgehead atoms. The number of rotatable bonds is 5. The summed E-state index contributed by atoms with van der Waals surface area (Å²) in [6, 6.07) is 14.7. The van der Waals surface area contributed by atoms with Crippen LogP contribution in [0, 0.1) is 5.92 Å². The Kier molecular flexibility index (Phi) is 7.24. The number of benzene rings is 2. The fourth-order valence-corrected chi connectivity index (χ4v) is 4.04. The first-order chi connectivity index (χ1) is 12.5. The third-order valence-corrected chi connectivity index (χ3v) is 5.97. The van der Waals surface area contributed by atoms with Crippen molar-refractivity contribution in [2.24, 2.45) is 5.92 Å². The smallest absolute Gasteiger partial charge is 0.261 e. The van der Waals surface area contributed by atoms with Gasteiger partial charge >= 0.3 is 0 Å². The van der Waals surface area contributed by atoms with Crippen LogP contribution in [-0.4, -0.2) is 33.5 Å². The van der Waals surface area contributed by atoms with E-state index in [2.05, 4.69) is 22.3 Å². The molecule has 146 valence electrons. The minimum absolute atomic E-state index is 0. The highest BCUT2D eigenvalue weighted by Gasteiger charge is 2.23. The predicted octanol–water partition coefficient (Wildman–Crippen LogP) is 2.64. The van der Waals surface area contributed by atoms with Crippen LogP contribution in [0.4, 0.5) is 5.69 Å². The Morgan fingerprint density at radius 1 is 1.11 bits per heavy atom. The molecule has 1 fully saturated rings. The van der Waals surface area contributed by atoms with Crippen LogP contribution in [0.5, 0.6) is 0 Å². The highest BCUT2D eigenvalue weighted by atomic mass is 35.5. The number of carbonyl (C=O) groups is 1. The maximum atomic E-state index is 12.5. The summed E-state index contributed by atoms with van der Waals surface area (Å²) in [5.74, 6) is 0.200. The Morgan fingerprint density at radius 3 is 2.56 bits per heavy atom. The molecule has 2 unspecified atom stereocenters. The number of anilines is 1. The summed E-state index contributed by atoms with van der Waals surface area (Å²) in [5, 5.41) is 6.30. The molecule has 1 aliphatic rings. The lowest BCUT2D eigenvalue weighted by molar-refractivity contribution is 0.0915. The minimum atomic E-state index is -3.68. The first-order valence-corrected chi connectivity index (χ1v) is 10.1. The number of hydrogen-bond acceptors (Lipinski definition) is 4. The van der Waals surface area contributed by atoms with Gasteiger partial charge in [0.25, 0.3) is 15.9 Å². The van der Waals surface area contributed by atoms with Gasteiger partial charge in [-0.3, -0.25) is 9.52 Å².